The minimum Gasteiger partial charge on any atom is -0.313 e. The van der Waals surface area contributed by atoms with Crippen LogP contribution in [0.2, 0.25) is 0 Å². The molecule has 0 aromatic rings. The second kappa shape index (κ2) is 11.6. The molecule has 0 fully saturated rings. The van der Waals surface area contributed by atoms with Crippen LogP contribution in [0.3, 0.4) is 0 Å². The molecule has 0 aliphatic carbocycles. The van der Waals surface area contributed by atoms with Gasteiger partial charge in [0.15, 0.2) is 0 Å². The smallest absolute Gasteiger partial charge is 0.0249 e. The summed E-state index contributed by atoms with van der Waals surface area (Å²) in [6.45, 7) is 18.6. The molecule has 0 aromatic heterocycles. The predicted molar refractivity (Wildman–Crippen MR) is 92.4 cm³/mol. The van der Waals surface area contributed by atoms with Crippen molar-refractivity contribution in [2.75, 3.05) is 13.1 Å². The molecule has 2 unspecified atom stereocenters. The number of rotatable bonds is 12. The van der Waals surface area contributed by atoms with Crippen LogP contribution in [-0.4, -0.2) is 36.1 Å². The van der Waals surface area contributed by atoms with Gasteiger partial charge < -0.3 is 5.32 Å². The Morgan fingerprint density at radius 3 is 1.85 bits per heavy atom. The number of hydrogen-bond acceptors (Lipinski definition) is 2. The van der Waals surface area contributed by atoms with E-state index in [0.717, 1.165) is 18.5 Å². The summed E-state index contributed by atoms with van der Waals surface area (Å²) in [6, 6.07) is 2.07. The SMILES string of the molecule is CCCC(NCC)C(CC)N(CC(C)C)C(CC)CC. The fourth-order valence-corrected chi connectivity index (χ4v) is 3.49. The van der Waals surface area contributed by atoms with Crippen LogP contribution in [0.4, 0.5) is 0 Å². The summed E-state index contributed by atoms with van der Waals surface area (Å²) in [5, 5.41) is 3.75. The number of hydrogen-bond donors (Lipinski definition) is 1. The number of nitrogens with one attached hydrogen (secondary N) is 1. The first-order valence-electron chi connectivity index (χ1n) is 9.04. The van der Waals surface area contributed by atoms with Crippen molar-refractivity contribution in [3.05, 3.63) is 0 Å². The van der Waals surface area contributed by atoms with E-state index in [0.29, 0.717) is 12.1 Å². The molecule has 0 saturated carbocycles. The molecule has 0 bridgehead atoms. The Morgan fingerprint density at radius 2 is 1.50 bits per heavy atom. The molecule has 2 atom stereocenters. The molecule has 0 radical (unpaired) electrons. The molecule has 0 spiro atoms. The van der Waals surface area contributed by atoms with Gasteiger partial charge in [-0.15, -0.1) is 0 Å². The third-order valence-corrected chi connectivity index (χ3v) is 4.36. The molecule has 2 heteroatoms. The van der Waals surface area contributed by atoms with Crippen LogP contribution >= 0.6 is 0 Å². The highest BCUT2D eigenvalue weighted by atomic mass is 15.2. The van der Waals surface area contributed by atoms with Gasteiger partial charge in [0, 0.05) is 24.7 Å². The van der Waals surface area contributed by atoms with Gasteiger partial charge in [0.2, 0.25) is 0 Å². The van der Waals surface area contributed by atoms with Gasteiger partial charge in [0.05, 0.1) is 0 Å². The third-order valence-electron chi connectivity index (χ3n) is 4.36. The highest BCUT2D eigenvalue weighted by molar-refractivity contribution is 4.87. The van der Waals surface area contributed by atoms with Crippen LogP contribution in [-0.2, 0) is 0 Å². The minimum atomic E-state index is 0.648. The van der Waals surface area contributed by atoms with E-state index in [9.17, 15) is 0 Å². The first kappa shape index (κ1) is 19.9. The van der Waals surface area contributed by atoms with Gasteiger partial charge in [-0.25, -0.2) is 0 Å². The average molecular weight is 285 g/mol. The molecule has 0 saturated heterocycles. The van der Waals surface area contributed by atoms with Crippen molar-refractivity contribution < 1.29 is 0 Å². The topological polar surface area (TPSA) is 15.3 Å². The van der Waals surface area contributed by atoms with Gasteiger partial charge in [0.25, 0.3) is 0 Å². The van der Waals surface area contributed by atoms with Gasteiger partial charge in [-0.05, 0) is 38.1 Å². The van der Waals surface area contributed by atoms with E-state index in [1.807, 2.05) is 0 Å². The van der Waals surface area contributed by atoms with Crippen LogP contribution in [0, 0.1) is 5.92 Å². The first-order chi connectivity index (χ1) is 9.55. The third kappa shape index (κ3) is 6.58. The molecule has 0 aliphatic heterocycles. The molecule has 0 aliphatic rings. The fraction of sp³-hybridized carbons (Fsp3) is 1.00. The Bertz CT molecular complexity index is 205. The zero-order valence-corrected chi connectivity index (χ0v) is 15.2. The van der Waals surface area contributed by atoms with Crippen LogP contribution in [0.1, 0.15) is 80.6 Å². The molecule has 0 aromatic carbocycles. The van der Waals surface area contributed by atoms with Gasteiger partial charge >= 0.3 is 0 Å². The van der Waals surface area contributed by atoms with Gasteiger partial charge in [0.1, 0.15) is 0 Å². The zero-order chi connectivity index (χ0) is 15.5. The quantitative estimate of drug-likeness (QED) is 0.559. The van der Waals surface area contributed by atoms with E-state index in [1.165, 1.54) is 38.6 Å². The molecule has 1 N–H and O–H groups in total. The molecular weight excluding hydrogens is 244 g/mol. The van der Waals surface area contributed by atoms with E-state index in [-0.39, 0.29) is 0 Å². The molecule has 0 amide bonds. The van der Waals surface area contributed by atoms with Crippen LogP contribution in [0.15, 0.2) is 0 Å². The first-order valence-corrected chi connectivity index (χ1v) is 9.04. The zero-order valence-electron chi connectivity index (χ0n) is 15.2. The summed E-state index contributed by atoms with van der Waals surface area (Å²) < 4.78 is 0. The Balaban J connectivity index is 5.10. The second-order valence-electron chi connectivity index (χ2n) is 6.49. The summed E-state index contributed by atoms with van der Waals surface area (Å²) in [7, 11) is 0. The maximum atomic E-state index is 3.75. The molecular formula is C18H40N2. The normalized spacial score (nSPS) is 15.3. The Hall–Kier alpha value is -0.0800. The lowest BCUT2D eigenvalue weighted by Gasteiger charge is -2.42. The van der Waals surface area contributed by atoms with E-state index < -0.39 is 0 Å². The average Bonchev–Trinajstić information content (AvgIpc) is 2.40. The summed E-state index contributed by atoms with van der Waals surface area (Å²) in [6.07, 6.45) is 6.35. The molecule has 0 rings (SSSR count). The van der Waals surface area contributed by atoms with Crippen LogP contribution in [0.25, 0.3) is 0 Å². The van der Waals surface area contributed by atoms with Crippen molar-refractivity contribution in [1.82, 2.24) is 10.2 Å². The fourth-order valence-electron chi connectivity index (χ4n) is 3.49. The number of nitrogens with zero attached hydrogens (tertiary/aromatic N) is 1. The largest absolute Gasteiger partial charge is 0.313 e. The van der Waals surface area contributed by atoms with Crippen molar-refractivity contribution in [3.63, 3.8) is 0 Å². The molecule has 20 heavy (non-hydrogen) atoms. The highest BCUT2D eigenvalue weighted by Gasteiger charge is 2.29. The van der Waals surface area contributed by atoms with Gasteiger partial charge in [-0.2, -0.15) is 0 Å². The van der Waals surface area contributed by atoms with Crippen LogP contribution in [0.5, 0.6) is 0 Å². The van der Waals surface area contributed by atoms with Crippen molar-refractivity contribution in [1.29, 1.82) is 0 Å². The molecule has 2 nitrogen and oxygen atoms in total. The van der Waals surface area contributed by atoms with Crippen molar-refractivity contribution in [2.45, 2.75) is 98.7 Å². The highest BCUT2D eigenvalue weighted by Crippen LogP contribution is 2.21. The maximum absolute atomic E-state index is 3.75. The van der Waals surface area contributed by atoms with Gasteiger partial charge in [-0.3, -0.25) is 4.90 Å². The standard InChI is InChI=1S/C18H40N2/c1-8-13-17(19-12-5)18(11-4)20(14-15(6)7)16(9-2)10-3/h15-19H,8-14H2,1-7H3. The maximum Gasteiger partial charge on any atom is 0.0249 e. The minimum absolute atomic E-state index is 0.648. The van der Waals surface area contributed by atoms with Crippen LogP contribution < -0.4 is 5.32 Å². The molecule has 122 valence electrons. The Kier molecular flexibility index (Phi) is 11.5. The van der Waals surface area contributed by atoms with Crippen molar-refractivity contribution in [2.24, 2.45) is 5.92 Å². The number of likely N-dealkylation sites (N-methyl/N-ethyl adjacent to an activating group) is 1. The second-order valence-corrected chi connectivity index (χ2v) is 6.49. The predicted octanol–water partition coefficient (Wildman–Crippen LogP) is 4.69. The lowest BCUT2D eigenvalue weighted by Crippen LogP contribution is -2.54. The lowest BCUT2D eigenvalue weighted by molar-refractivity contribution is 0.0786. The Labute approximate surface area is 128 Å². The van der Waals surface area contributed by atoms with E-state index in [1.54, 1.807) is 0 Å². The van der Waals surface area contributed by atoms with E-state index in [2.05, 4.69) is 58.7 Å². The summed E-state index contributed by atoms with van der Waals surface area (Å²) in [4.78, 5) is 2.81. The Morgan fingerprint density at radius 1 is 0.900 bits per heavy atom. The summed E-state index contributed by atoms with van der Waals surface area (Å²) >= 11 is 0. The van der Waals surface area contributed by atoms with E-state index >= 15 is 0 Å². The summed E-state index contributed by atoms with van der Waals surface area (Å²) in [5.74, 6) is 0.744. The van der Waals surface area contributed by atoms with E-state index in [4.69, 9.17) is 0 Å². The molecule has 0 heterocycles. The van der Waals surface area contributed by atoms with Gasteiger partial charge in [-0.1, -0.05) is 54.9 Å². The van der Waals surface area contributed by atoms with Crippen molar-refractivity contribution >= 4 is 0 Å². The van der Waals surface area contributed by atoms with Crippen molar-refractivity contribution in [3.8, 4) is 0 Å². The monoisotopic (exact) mass is 284 g/mol. The summed E-state index contributed by atoms with van der Waals surface area (Å²) in [5.41, 5.74) is 0. The lowest BCUT2D eigenvalue weighted by atomic mass is 9.94.